The van der Waals surface area contributed by atoms with Crippen LogP contribution in [-0.4, -0.2) is 61.3 Å². The molecule has 0 aromatic heterocycles. The first kappa shape index (κ1) is 13.6. The van der Waals surface area contributed by atoms with Gasteiger partial charge in [0.2, 0.25) is 5.91 Å². The maximum absolute atomic E-state index is 11.8. The number of carbonyl (C=O) groups excluding carboxylic acids is 2. The number of likely N-dealkylation sites (N-methyl/N-ethyl adjacent to an activating group) is 1. The van der Waals surface area contributed by atoms with Gasteiger partial charge in [-0.3, -0.25) is 9.69 Å². The van der Waals surface area contributed by atoms with Gasteiger partial charge in [-0.25, -0.2) is 4.79 Å². The molecule has 5 nitrogen and oxygen atoms in total. The predicted octanol–water partition coefficient (Wildman–Crippen LogP) is 0.849. The lowest BCUT2D eigenvalue weighted by Crippen LogP contribution is -2.39. The van der Waals surface area contributed by atoms with E-state index in [-0.39, 0.29) is 19.0 Å². The number of rotatable bonds is 1. The Balaban J connectivity index is 2.49. The highest BCUT2D eigenvalue weighted by atomic mass is 19.4. The largest absolute Gasteiger partial charge is 0.440 e. The van der Waals surface area contributed by atoms with Crippen molar-refractivity contribution >= 4 is 12.0 Å². The van der Waals surface area contributed by atoms with Crippen molar-refractivity contribution in [2.24, 2.45) is 0 Å². The molecular formula is C9H13F3N2O3. The van der Waals surface area contributed by atoms with Crippen LogP contribution in [0.15, 0.2) is 0 Å². The summed E-state index contributed by atoms with van der Waals surface area (Å²) in [6.45, 7) is -1.19. The fourth-order valence-corrected chi connectivity index (χ4v) is 1.38. The number of ether oxygens (including phenoxy) is 1. The summed E-state index contributed by atoms with van der Waals surface area (Å²) in [6, 6.07) is 0. The van der Waals surface area contributed by atoms with E-state index in [1.807, 2.05) is 0 Å². The maximum atomic E-state index is 11.8. The van der Waals surface area contributed by atoms with E-state index in [0.29, 0.717) is 13.0 Å². The topological polar surface area (TPSA) is 49.9 Å². The van der Waals surface area contributed by atoms with Gasteiger partial charge in [0.05, 0.1) is 0 Å². The van der Waals surface area contributed by atoms with Crippen LogP contribution in [0.25, 0.3) is 0 Å². The van der Waals surface area contributed by atoms with E-state index in [1.54, 1.807) is 7.05 Å². The number of alkyl halides is 3. The van der Waals surface area contributed by atoms with E-state index in [2.05, 4.69) is 4.74 Å². The van der Waals surface area contributed by atoms with Crippen molar-refractivity contribution in [1.29, 1.82) is 0 Å². The van der Waals surface area contributed by atoms with Crippen molar-refractivity contribution in [3.8, 4) is 0 Å². The lowest BCUT2D eigenvalue weighted by molar-refractivity contribution is -0.162. The summed E-state index contributed by atoms with van der Waals surface area (Å²) in [4.78, 5) is 25.1. The van der Waals surface area contributed by atoms with Crippen LogP contribution >= 0.6 is 0 Å². The number of hydrogen-bond acceptors (Lipinski definition) is 3. The molecule has 1 aliphatic heterocycles. The van der Waals surface area contributed by atoms with Crippen LogP contribution in [0.2, 0.25) is 0 Å². The first-order valence-electron chi connectivity index (χ1n) is 5.02. The van der Waals surface area contributed by atoms with Gasteiger partial charge in [-0.2, -0.15) is 13.2 Å². The molecule has 0 bridgehead atoms. The number of nitrogens with zero attached hydrogens (tertiary/aromatic N) is 2. The first-order chi connectivity index (χ1) is 7.79. The molecule has 1 fully saturated rings. The van der Waals surface area contributed by atoms with Crippen molar-refractivity contribution in [2.45, 2.75) is 12.6 Å². The fraction of sp³-hybridized carbons (Fsp3) is 0.778. The van der Waals surface area contributed by atoms with Crippen molar-refractivity contribution in [3.05, 3.63) is 0 Å². The summed E-state index contributed by atoms with van der Waals surface area (Å²) in [5.74, 6) is -0.313. The van der Waals surface area contributed by atoms with Crippen LogP contribution in [0.5, 0.6) is 0 Å². The Hall–Kier alpha value is -1.47. The molecule has 2 amide bonds. The van der Waals surface area contributed by atoms with E-state index in [1.165, 1.54) is 4.90 Å². The highest BCUT2D eigenvalue weighted by Gasteiger charge is 2.31. The van der Waals surface area contributed by atoms with Crippen molar-refractivity contribution < 1.29 is 27.5 Å². The number of carbonyl (C=O) groups is 2. The zero-order chi connectivity index (χ0) is 13.1. The molecule has 0 spiro atoms. The van der Waals surface area contributed by atoms with Crippen LogP contribution in [0, 0.1) is 0 Å². The molecule has 0 aromatic rings. The Kier molecular flexibility index (Phi) is 4.19. The molecule has 1 rings (SSSR count). The average molecular weight is 254 g/mol. The van der Waals surface area contributed by atoms with Gasteiger partial charge in [-0.05, 0) is 6.42 Å². The highest BCUT2D eigenvalue weighted by molar-refractivity contribution is 5.82. The van der Waals surface area contributed by atoms with Gasteiger partial charge in [-0.15, -0.1) is 0 Å². The molecule has 0 saturated carbocycles. The van der Waals surface area contributed by atoms with E-state index in [9.17, 15) is 22.8 Å². The lowest BCUT2D eigenvalue weighted by atomic mass is 10.4. The van der Waals surface area contributed by atoms with Gasteiger partial charge in [-0.1, -0.05) is 0 Å². The Morgan fingerprint density at radius 3 is 2.65 bits per heavy atom. The van der Waals surface area contributed by atoms with Gasteiger partial charge in [0.25, 0.3) is 0 Å². The molecule has 8 heteroatoms. The third-order valence-electron chi connectivity index (χ3n) is 2.29. The van der Waals surface area contributed by atoms with Crippen molar-refractivity contribution in [1.82, 2.24) is 9.80 Å². The molecule has 0 aromatic carbocycles. The summed E-state index contributed by atoms with van der Waals surface area (Å²) < 4.78 is 39.6. The van der Waals surface area contributed by atoms with E-state index in [0.717, 1.165) is 4.90 Å². The SMILES string of the molecule is CN1CCCN(C(=O)OCC(F)(F)F)CC1=O. The van der Waals surface area contributed by atoms with E-state index >= 15 is 0 Å². The van der Waals surface area contributed by atoms with Crippen LogP contribution in [0.1, 0.15) is 6.42 Å². The van der Waals surface area contributed by atoms with Gasteiger partial charge in [0.15, 0.2) is 6.61 Å². The van der Waals surface area contributed by atoms with Crippen LogP contribution in [0.4, 0.5) is 18.0 Å². The Morgan fingerprint density at radius 1 is 1.41 bits per heavy atom. The third-order valence-corrected chi connectivity index (χ3v) is 2.29. The molecule has 0 N–H and O–H groups in total. The fourth-order valence-electron chi connectivity index (χ4n) is 1.38. The normalized spacial score (nSPS) is 18.0. The van der Waals surface area contributed by atoms with Crippen LogP contribution in [0.3, 0.4) is 0 Å². The Morgan fingerprint density at radius 2 is 2.06 bits per heavy atom. The zero-order valence-corrected chi connectivity index (χ0v) is 9.29. The monoisotopic (exact) mass is 254 g/mol. The van der Waals surface area contributed by atoms with Crippen molar-refractivity contribution in [3.63, 3.8) is 0 Å². The second kappa shape index (κ2) is 5.24. The molecule has 17 heavy (non-hydrogen) atoms. The summed E-state index contributed by atoms with van der Waals surface area (Å²) in [5, 5.41) is 0. The molecule has 0 radical (unpaired) electrons. The van der Waals surface area contributed by atoms with Gasteiger partial charge < -0.3 is 9.64 Å². The first-order valence-corrected chi connectivity index (χ1v) is 5.02. The van der Waals surface area contributed by atoms with Gasteiger partial charge in [0.1, 0.15) is 6.54 Å². The quantitative estimate of drug-likeness (QED) is 0.697. The minimum atomic E-state index is -4.55. The second-order valence-corrected chi connectivity index (χ2v) is 3.76. The van der Waals surface area contributed by atoms with Crippen LogP contribution < -0.4 is 0 Å². The molecule has 1 aliphatic rings. The summed E-state index contributed by atoms with van der Waals surface area (Å²) in [7, 11) is 1.58. The van der Waals surface area contributed by atoms with Gasteiger partial charge >= 0.3 is 12.3 Å². The molecule has 1 heterocycles. The Labute approximate surface area is 96.1 Å². The summed E-state index contributed by atoms with van der Waals surface area (Å²) in [6.07, 6.45) is -5.14. The number of amides is 2. The molecule has 98 valence electrons. The minimum Gasteiger partial charge on any atom is -0.440 e. The molecule has 1 saturated heterocycles. The van der Waals surface area contributed by atoms with Gasteiger partial charge in [0, 0.05) is 20.1 Å². The Bertz CT molecular complexity index is 306. The molecule has 0 aliphatic carbocycles. The number of hydrogen-bond donors (Lipinski definition) is 0. The molecule has 0 unspecified atom stereocenters. The molecular weight excluding hydrogens is 241 g/mol. The predicted molar refractivity (Wildman–Crippen MR) is 51.2 cm³/mol. The number of halogens is 3. The smallest absolute Gasteiger partial charge is 0.422 e. The maximum Gasteiger partial charge on any atom is 0.422 e. The highest BCUT2D eigenvalue weighted by Crippen LogP contribution is 2.15. The average Bonchev–Trinajstić information content (AvgIpc) is 2.37. The van der Waals surface area contributed by atoms with E-state index in [4.69, 9.17) is 0 Å². The zero-order valence-electron chi connectivity index (χ0n) is 9.29. The van der Waals surface area contributed by atoms with Crippen LogP contribution in [-0.2, 0) is 9.53 Å². The van der Waals surface area contributed by atoms with E-state index < -0.39 is 18.9 Å². The standard InChI is InChI=1S/C9H13F3N2O3/c1-13-3-2-4-14(5-7(13)15)8(16)17-6-9(10,11)12/h2-6H2,1H3. The summed E-state index contributed by atoms with van der Waals surface area (Å²) in [5.41, 5.74) is 0. The second-order valence-electron chi connectivity index (χ2n) is 3.76. The summed E-state index contributed by atoms with van der Waals surface area (Å²) >= 11 is 0. The van der Waals surface area contributed by atoms with Crippen molar-refractivity contribution in [2.75, 3.05) is 33.3 Å². The molecule has 0 atom stereocenters. The minimum absolute atomic E-state index is 0.215. The lowest BCUT2D eigenvalue weighted by Gasteiger charge is -2.19. The third kappa shape index (κ3) is 4.49.